The van der Waals surface area contributed by atoms with Crippen LogP contribution in [0.15, 0.2) is 35.8 Å². The zero-order valence-electron chi connectivity index (χ0n) is 13.4. The highest BCUT2D eigenvalue weighted by molar-refractivity contribution is 7.09. The van der Waals surface area contributed by atoms with Crippen molar-refractivity contribution in [3.8, 4) is 0 Å². The van der Waals surface area contributed by atoms with E-state index in [9.17, 15) is 4.79 Å². The predicted molar refractivity (Wildman–Crippen MR) is 92.3 cm³/mol. The number of para-hydroxylation sites is 2. The minimum Gasteiger partial charge on any atom is -0.339 e. The van der Waals surface area contributed by atoms with Crippen molar-refractivity contribution in [3.63, 3.8) is 0 Å². The molecular weight excluding hydrogens is 308 g/mol. The van der Waals surface area contributed by atoms with Gasteiger partial charge < -0.3 is 9.47 Å². The number of imidazole rings is 1. The Balaban J connectivity index is 1.69. The van der Waals surface area contributed by atoms with E-state index in [1.807, 2.05) is 30.6 Å². The van der Waals surface area contributed by atoms with Crippen molar-refractivity contribution >= 4 is 28.3 Å². The lowest BCUT2D eigenvalue weighted by Gasteiger charge is -2.16. The van der Waals surface area contributed by atoms with E-state index < -0.39 is 0 Å². The summed E-state index contributed by atoms with van der Waals surface area (Å²) in [6.45, 7) is 3.32. The highest BCUT2D eigenvalue weighted by atomic mass is 32.1. The summed E-state index contributed by atoms with van der Waals surface area (Å²) >= 11 is 1.57. The summed E-state index contributed by atoms with van der Waals surface area (Å²) in [6.07, 6.45) is 3.09. The maximum absolute atomic E-state index is 12.4. The van der Waals surface area contributed by atoms with Crippen molar-refractivity contribution in [1.29, 1.82) is 0 Å². The third-order valence-corrected chi connectivity index (χ3v) is 4.65. The number of nitrogens with zero attached hydrogens (tertiary/aromatic N) is 4. The van der Waals surface area contributed by atoms with E-state index in [-0.39, 0.29) is 5.91 Å². The molecule has 0 aliphatic rings. The molecule has 0 radical (unpaired) electrons. The average Bonchev–Trinajstić information content (AvgIpc) is 3.19. The van der Waals surface area contributed by atoms with E-state index in [2.05, 4.69) is 27.5 Å². The number of hydrogen-bond donors (Lipinski definition) is 0. The average molecular weight is 328 g/mol. The Labute approximate surface area is 139 Å². The molecular formula is C17H20N4OS. The molecule has 0 atom stereocenters. The third kappa shape index (κ3) is 3.42. The number of carbonyl (C=O) groups is 1. The lowest BCUT2D eigenvalue weighted by molar-refractivity contribution is -0.130. The van der Waals surface area contributed by atoms with Crippen molar-refractivity contribution in [2.24, 2.45) is 0 Å². The summed E-state index contributed by atoms with van der Waals surface area (Å²) in [7, 11) is 1.83. The molecule has 2 aromatic heterocycles. The first-order valence-electron chi connectivity index (χ1n) is 7.75. The number of fused-ring (bicyclic) bond motifs is 1. The van der Waals surface area contributed by atoms with Gasteiger partial charge in [-0.25, -0.2) is 9.97 Å². The molecule has 6 heteroatoms. The molecule has 5 nitrogen and oxygen atoms in total. The Bertz CT molecular complexity index is 794. The molecule has 3 rings (SSSR count). The highest BCUT2D eigenvalue weighted by Crippen LogP contribution is 2.17. The van der Waals surface area contributed by atoms with E-state index in [1.165, 1.54) is 0 Å². The van der Waals surface area contributed by atoms with Crippen LogP contribution < -0.4 is 0 Å². The largest absolute Gasteiger partial charge is 0.339 e. The van der Waals surface area contributed by atoms with E-state index in [4.69, 9.17) is 0 Å². The first-order valence-corrected chi connectivity index (χ1v) is 8.63. The molecule has 0 aliphatic heterocycles. The van der Waals surface area contributed by atoms with Gasteiger partial charge in [0.25, 0.3) is 0 Å². The van der Waals surface area contributed by atoms with Crippen LogP contribution in [0.3, 0.4) is 0 Å². The second-order valence-electron chi connectivity index (χ2n) is 5.45. The smallest absolute Gasteiger partial charge is 0.224 e. The SMILES string of the molecule is CCc1nc2ccccc2n1CCC(=O)N(C)Cc1nccs1. The molecule has 2 heterocycles. The Morgan fingerprint density at radius 3 is 2.91 bits per heavy atom. The van der Waals surface area contributed by atoms with Gasteiger partial charge in [-0.05, 0) is 12.1 Å². The number of carbonyl (C=O) groups excluding carboxylic acids is 1. The summed E-state index contributed by atoms with van der Waals surface area (Å²) < 4.78 is 2.16. The van der Waals surface area contributed by atoms with Crippen molar-refractivity contribution < 1.29 is 4.79 Å². The molecule has 1 amide bonds. The van der Waals surface area contributed by atoms with Crippen LogP contribution in [0.5, 0.6) is 0 Å². The molecule has 23 heavy (non-hydrogen) atoms. The number of aryl methyl sites for hydroxylation is 2. The molecule has 0 fully saturated rings. The van der Waals surface area contributed by atoms with Crippen molar-refractivity contribution in [2.45, 2.75) is 32.9 Å². The summed E-state index contributed by atoms with van der Waals surface area (Å²) in [4.78, 5) is 23.0. The van der Waals surface area contributed by atoms with Crippen molar-refractivity contribution in [1.82, 2.24) is 19.4 Å². The molecule has 0 saturated heterocycles. The van der Waals surface area contributed by atoms with E-state index in [0.717, 1.165) is 28.3 Å². The van der Waals surface area contributed by atoms with Gasteiger partial charge >= 0.3 is 0 Å². The lowest BCUT2D eigenvalue weighted by Crippen LogP contribution is -2.27. The summed E-state index contributed by atoms with van der Waals surface area (Å²) in [5.74, 6) is 1.15. The maximum atomic E-state index is 12.4. The molecule has 1 aromatic carbocycles. The van der Waals surface area contributed by atoms with Crippen LogP contribution in [0, 0.1) is 0 Å². The zero-order chi connectivity index (χ0) is 16.2. The minimum absolute atomic E-state index is 0.125. The second kappa shape index (κ2) is 6.91. The molecule has 120 valence electrons. The monoisotopic (exact) mass is 328 g/mol. The van der Waals surface area contributed by atoms with Gasteiger partial charge in [0.15, 0.2) is 0 Å². The fraction of sp³-hybridized carbons (Fsp3) is 0.353. The molecule has 0 saturated carbocycles. The fourth-order valence-electron chi connectivity index (χ4n) is 2.67. The maximum Gasteiger partial charge on any atom is 0.224 e. The lowest BCUT2D eigenvalue weighted by atomic mass is 10.3. The van der Waals surface area contributed by atoms with Gasteiger partial charge in [-0.2, -0.15) is 0 Å². The predicted octanol–water partition coefficient (Wildman–Crippen LogP) is 3.10. The van der Waals surface area contributed by atoms with Crippen LogP contribution >= 0.6 is 11.3 Å². The van der Waals surface area contributed by atoms with E-state index in [1.54, 1.807) is 22.4 Å². The minimum atomic E-state index is 0.125. The number of aromatic nitrogens is 3. The fourth-order valence-corrected chi connectivity index (χ4v) is 3.33. The number of rotatable bonds is 6. The first kappa shape index (κ1) is 15.7. The topological polar surface area (TPSA) is 51.0 Å². The van der Waals surface area contributed by atoms with Gasteiger partial charge in [-0.1, -0.05) is 19.1 Å². The highest BCUT2D eigenvalue weighted by Gasteiger charge is 2.14. The summed E-state index contributed by atoms with van der Waals surface area (Å²) in [5, 5.41) is 2.89. The third-order valence-electron chi connectivity index (χ3n) is 3.88. The van der Waals surface area contributed by atoms with Gasteiger partial charge in [0.1, 0.15) is 10.8 Å². The van der Waals surface area contributed by atoms with Gasteiger partial charge in [-0.15, -0.1) is 11.3 Å². The Morgan fingerprint density at radius 2 is 2.17 bits per heavy atom. The molecule has 0 bridgehead atoms. The standard InChI is InChI=1S/C17H20N4OS/c1-3-15-19-13-6-4-5-7-14(13)21(15)10-8-17(22)20(2)12-16-18-9-11-23-16/h4-7,9,11H,3,8,10,12H2,1-2H3. The summed E-state index contributed by atoms with van der Waals surface area (Å²) in [5.41, 5.74) is 2.09. The number of hydrogen-bond acceptors (Lipinski definition) is 4. The first-order chi connectivity index (χ1) is 11.2. The van der Waals surface area contributed by atoms with Crippen LogP contribution in [0.25, 0.3) is 11.0 Å². The van der Waals surface area contributed by atoms with Gasteiger partial charge in [0.05, 0.1) is 17.6 Å². The Kier molecular flexibility index (Phi) is 4.71. The van der Waals surface area contributed by atoms with Crippen LogP contribution in [0.4, 0.5) is 0 Å². The van der Waals surface area contributed by atoms with Crippen molar-refractivity contribution in [2.75, 3.05) is 7.05 Å². The van der Waals surface area contributed by atoms with Crippen LogP contribution in [-0.2, 0) is 24.3 Å². The zero-order valence-corrected chi connectivity index (χ0v) is 14.2. The molecule has 0 unspecified atom stereocenters. The Morgan fingerprint density at radius 1 is 1.35 bits per heavy atom. The van der Waals surface area contributed by atoms with Gasteiger partial charge in [0.2, 0.25) is 5.91 Å². The summed E-state index contributed by atoms with van der Waals surface area (Å²) in [6, 6.07) is 8.08. The van der Waals surface area contributed by atoms with E-state index in [0.29, 0.717) is 19.5 Å². The van der Waals surface area contributed by atoms with Gasteiger partial charge in [-0.3, -0.25) is 4.79 Å². The quantitative estimate of drug-likeness (QED) is 0.698. The number of amides is 1. The van der Waals surface area contributed by atoms with E-state index >= 15 is 0 Å². The Hall–Kier alpha value is -2.21. The molecule has 0 aliphatic carbocycles. The van der Waals surface area contributed by atoms with Crippen molar-refractivity contribution in [3.05, 3.63) is 46.7 Å². The van der Waals surface area contributed by atoms with Crippen LogP contribution in [-0.4, -0.2) is 32.4 Å². The number of benzene rings is 1. The molecule has 0 N–H and O–H groups in total. The van der Waals surface area contributed by atoms with Crippen LogP contribution in [0.1, 0.15) is 24.2 Å². The molecule has 3 aromatic rings. The van der Waals surface area contributed by atoms with Gasteiger partial charge in [0, 0.05) is 38.0 Å². The van der Waals surface area contributed by atoms with Crippen LogP contribution in [0.2, 0.25) is 0 Å². The normalized spacial score (nSPS) is 11.0. The number of thiazole rings is 1. The molecule has 0 spiro atoms. The second-order valence-corrected chi connectivity index (χ2v) is 6.43.